The lowest BCUT2D eigenvalue weighted by Crippen LogP contribution is -2.29. The number of Topliss-reactive ketones (excluding diaryl/α,β-unsaturated/α-hetero) is 1. The average molecular weight is 392 g/mol. The van der Waals surface area contributed by atoms with E-state index in [-0.39, 0.29) is 30.4 Å². The second-order valence-corrected chi connectivity index (χ2v) is 5.91. The Kier molecular flexibility index (Phi) is 5.30. The Bertz CT molecular complexity index is 1010. The van der Waals surface area contributed by atoms with Gasteiger partial charge in [-0.2, -0.15) is 13.2 Å². The van der Waals surface area contributed by atoms with Gasteiger partial charge in [-0.15, -0.1) is 10.2 Å². The zero-order valence-corrected chi connectivity index (χ0v) is 14.7. The van der Waals surface area contributed by atoms with Crippen molar-refractivity contribution >= 4 is 17.3 Å². The van der Waals surface area contributed by atoms with Crippen LogP contribution < -0.4 is 10.1 Å². The van der Waals surface area contributed by atoms with Gasteiger partial charge in [-0.1, -0.05) is 0 Å². The predicted molar refractivity (Wildman–Crippen MR) is 91.8 cm³/mol. The smallest absolute Gasteiger partial charge is 0.417 e. The normalized spacial score (nSPS) is 11.4. The molecule has 10 heteroatoms. The van der Waals surface area contributed by atoms with Crippen molar-refractivity contribution in [2.45, 2.75) is 19.6 Å². The van der Waals surface area contributed by atoms with Gasteiger partial charge in [-0.25, -0.2) is 0 Å². The molecular weight excluding hydrogens is 377 g/mol. The number of fused-ring (bicyclic) bond motifs is 1. The lowest BCUT2D eigenvalue weighted by Gasteiger charge is -2.09. The molecule has 0 saturated carbocycles. The number of nitrogens with zero attached hydrogens (tertiary/aromatic N) is 3. The number of amides is 1. The highest BCUT2D eigenvalue weighted by molar-refractivity contribution is 5.94. The quantitative estimate of drug-likeness (QED) is 0.652. The number of pyridine rings is 1. The van der Waals surface area contributed by atoms with E-state index in [0.717, 1.165) is 12.3 Å². The first-order chi connectivity index (χ1) is 13.2. The Morgan fingerprint density at radius 2 is 1.82 bits per heavy atom. The van der Waals surface area contributed by atoms with Gasteiger partial charge in [-0.3, -0.25) is 14.0 Å². The van der Waals surface area contributed by atoms with Crippen LogP contribution in [0.2, 0.25) is 0 Å². The highest BCUT2D eigenvalue weighted by atomic mass is 19.4. The zero-order chi connectivity index (χ0) is 20.3. The fourth-order valence-electron chi connectivity index (χ4n) is 2.39. The summed E-state index contributed by atoms with van der Waals surface area (Å²) in [7, 11) is 0. The Morgan fingerprint density at radius 3 is 2.46 bits per heavy atom. The molecule has 28 heavy (non-hydrogen) atoms. The fourth-order valence-corrected chi connectivity index (χ4v) is 2.39. The molecule has 0 unspecified atom stereocenters. The van der Waals surface area contributed by atoms with Crippen LogP contribution >= 0.6 is 0 Å². The number of nitrogens with one attached hydrogen (secondary N) is 1. The van der Waals surface area contributed by atoms with Crippen molar-refractivity contribution in [1.29, 1.82) is 0 Å². The van der Waals surface area contributed by atoms with Gasteiger partial charge in [0.05, 0.1) is 12.1 Å². The SMILES string of the molecule is CC(=O)c1ccc(OCC(=O)NCc2nnc3ccc(C(F)(F)F)cn23)cc1. The maximum Gasteiger partial charge on any atom is 0.417 e. The van der Waals surface area contributed by atoms with Gasteiger partial charge in [0.15, 0.2) is 23.9 Å². The van der Waals surface area contributed by atoms with Crippen LogP contribution in [0.3, 0.4) is 0 Å². The number of aromatic nitrogens is 3. The molecule has 2 aromatic heterocycles. The minimum absolute atomic E-state index is 0.0847. The van der Waals surface area contributed by atoms with Crippen molar-refractivity contribution in [3.05, 3.63) is 59.5 Å². The predicted octanol–water partition coefficient (Wildman–Crippen LogP) is 2.65. The number of ketones is 1. The molecule has 3 aromatic rings. The molecule has 0 saturated heterocycles. The summed E-state index contributed by atoms with van der Waals surface area (Å²) in [6.45, 7) is 1.02. The second kappa shape index (κ2) is 7.67. The molecule has 2 heterocycles. The van der Waals surface area contributed by atoms with E-state index in [9.17, 15) is 22.8 Å². The Morgan fingerprint density at radius 1 is 1.11 bits per heavy atom. The maximum atomic E-state index is 12.8. The lowest BCUT2D eigenvalue weighted by atomic mass is 10.1. The Labute approximate surface area is 157 Å². The summed E-state index contributed by atoms with van der Waals surface area (Å²) in [6.07, 6.45) is -3.62. The molecule has 0 aliphatic rings. The van der Waals surface area contributed by atoms with Crippen LogP contribution in [0.4, 0.5) is 13.2 Å². The molecule has 0 bridgehead atoms. The maximum absolute atomic E-state index is 12.8. The molecule has 0 radical (unpaired) electrons. The van der Waals surface area contributed by atoms with Crippen LogP contribution in [-0.2, 0) is 17.5 Å². The van der Waals surface area contributed by atoms with E-state index < -0.39 is 17.6 Å². The summed E-state index contributed by atoms with van der Waals surface area (Å²) in [5, 5.41) is 10.1. The van der Waals surface area contributed by atoms with E-state index in [0.29, 0.717) is 11.3 Å². The summed E-state index contributed by atoms with van der Waals surface area (Å²) >= 11 is 0. The highest BCUT2D eigenvalue weighted by Crippen LogP contribution is 2.29. The molecule has 0 spiro atoms. The number of alkyl halides is 3. The fraction of sp³-hybridized carbons (Fsp3) is 0.222. The van der Waals surface area contributed by atoms with E-state index in [1.807, 2.05) is 0 Å². The van der Waals surface area contributed by atoms with E-state index in [1.165, 1.54) is 17.4 Å². The van der Waals surface area contributed by atoms with Crippen molar-refractivity contribution < 1.29 is 27.5 Å². The Balaban J connectivity index is 1.59. The van der Waals surface area contributed by atoms with E-state index in [1.54, 1.807) is 24.3 Å². The molecule has 146 valence electrons. The number of rotatable bonds is 6. The minimum Gasteiger partial charge on any atom is -0.484 e. The first kappa shape index (κ1) is 19.3. The van der Waals surface area contributed by atoms with Crippen molar-refractivity contribution in [2.75, 3.05) is 6.61 Å². The lowest BCUT2D eigenvalue weighted by molar-refractivity contribution is -0.137. The first-order valence-corrected chi connectivity index (χ1v) is 8.15. The number of benzene rings is 1. The molecule has 0 fully saturated rings. The standard InChI is InChI=1S/C18H15F3N4O3/c1-11(26)12-2-5-14(6-3-12)28-10-17(27)22-8-16-24-23-15-7-4-13(9-25(15)16)18(19,20)21/h2-7,9H,8,10H2,1H3,(H,22,27). The molecule has 0 atom stereocenters. The number of hydrogen-bond acceptors (Lipinski definition) is 5. The number of hydrogen-bond donors (Lipinski definition) is 1. The topological polar surface area (TPSA) is 85.6 Å². The number of carbonyl (C=O) groups is 2. The van der Waals surface area contributed by atoms with Gasteiger partial charge in [0.25, 0.3) is 5.91 Å². The summed E-state index contributed by atoms with van der Waals surface area (Å²) in [4.78, 5) is 23.1. The molecule has 1 N–H and O–H groups in total. The highest BCUT2D eigenvalue weighted by Gasteiger charge is 2.31. The largest absolute Gasteiger partial charge is 0.484 e. The van der Waals surface area contributed by atoms with Gasteiger partial charge >= 0.3 is 6.18 Å². The Hall–Kier alpha value is -3.43. The number of halogens is 3. The van der Waals surface area contributed by atoms with Gasteiger partial charge in [0, 0.05) is 11.8 Å². The van der Waals surface area contributed by atoms with Crippen LogP contribution in [-0.4, -0.2) is 32.9 Å². The van der Waals surface area contributed by atoms with Crippen LogP contribution in [0, 0.1) is 0 Å². The zero-order valence-electron chi connectivity index (χ0n) is 14.7. The summed E-state index contributed by atoms with van der Waals surface area (Å²) < 4.78 is 45.0. The molecule has 0 aliphatic heterocycles. The van der Waals surface area contributed by atoms with Crippen molar-refractivity contribution in [3.8, 4) is 5.75 Å². The van der Waals surface area contributed by atoms with Gasteiger partial charge in [0.2, 0.25) is 0 Å². The van der Waals surface area contributed by atoms with Gasteiger partial charge in [0.1, 0.15) is 5.75 Å². The van der Waals surface area contributed by atoms with E-state index in [2.05, 4.69) is 15.5 Å². The van der Waals surface area contributed by atoms with Gasteiger partial charge < -0.3 is 10.1 Å². The van der Waals surface area contributed by atoms with Crippen LogP contribution in [0.25, 0.3) is 5.65 Å². The molecule has 7 nitrogen and oxygen atoms in total. The summed E-state index contributed by atoms with van der Waals surface area (Å²) in [5.41, 5.74) is -0.0857. The second-order valence-electron chi connectivity index (χ2n) is 5.91. The van der Waals surface area contributed by atoms with E-state index in [4.69, 9.17) is 4.74 Å². The first-order valence-electron chi connectivity index (χ1n) is 8.15. The average Bonchev–Trinajstić information content (AvgIpc) is 3.06. The monoisotopic (exact) mass is 392 g/mol. The van der Waals surface area contributed by atoms with Crippen molar-refractivity contribution in [2.24, 2.45) is 0 Å². The third-order valence-corrected chi connectivity index (χ3v) is 3.87. The molecule has 1 amide bonds. The van der Waals surface area contributed by atoms with Crippen LogP contribution in [0.15, 0.2) is 42.6 Å². The van der Waals surface area contributed by atoms with Crippen molar-refractivity contribution in [1.82, 2.24) is 19.9 Å². The molecule has 0 aliphatic carbocycles. The molecule has 3 rings (SSSR count). The van der Waals surface area contributed by atoms with Crippen LogP contribution in [0.5, 0.6) is 5.75 Å². The summed E-state index contributed by atoms with van der Waals surface area (Å²) in [6, 6.07) is 8.41. The van der Waals surface area contributed by atoms with E-state index >= 15 is 0 Å². The van der Waals surface area contributed by atoms with Gasteiger partial charge in [-0.05, 0) is 43.3 Å². The molecular formula is C18H15F3N4O3. The van der Waals surface area contributed by atoms with Crippen molar-refractivity contribution in [3.63, 3.8) is 0 Å². The van der Waals surface area contributed by atoms with Crippen LogP contribution in [0.1, 0.15) is 28.7 Å². The molecule has 1 aromatic carbocycles. The minimum atomic E-state index is -4.50. The third kappa shape index (κ3) is 4.45. The number of ether oxygens (including phenoxy) is 1. The third-order valence-electron chi connectivity index (χ3n) is 3.87. The summed E-state index contributed by atoms with van der Waals surface area (Å²) in [5.74, 6) is -0.0129. The number of carbonyl (C=O) groups excluding carboxylic acids is 2.